The van der Waals surface area contributed by atoms with Crippen molar-refractivity contribution in [2.24, 2.45) is 0 Å². The molecular formula is C13H18N2OS. The Hall–Kier alpha value is -1.00. The molecule has 0 saturated carbocycles. The summed E-state index contributed by atoms with van der Waals surface area (Å²) in [6, 6.07) is 7.89. The first-order valence-electron chi connectivity index (χ1n) is 6.04. The molecule has 0 aliphatic carbocycles. The maximum absolute atomic E-state index is 5.65. The maximum atomic E-state index is 5.65. The van der Waals surface area contributed by atoms with Crippen LogP contribution in [-0.2, 0) is 0 Å². The summed E-state index contributed by atoms with van der Waals surface area (Å²) in [4.78, 5) is 6.84. The summed E-state index contributed by atoms with van der Waals surface area (Å²) in [5.41, 5.74) is 1.82. The lowest BCUT2D eigenvalue weighted by molar-refractivity contribution is 0.323. The predicted molar refractivity (Wildman–Crippen MR) is 72.5 cm³/mol. The molecule has 1 heterocycles. The Labute approximate surface area is 106 Å². The van der Waals surface area contributed by atoms with Crippen LogP contribution in [0, 0.1) is 0 Å². The average Bonchev–Trinajstić information content (AvgIpc) is 2.77. The number of oxazole rings is 1. The van der Waals surface area contributed by atoms with Gasteiger partial charge in [0.1, 0.15) is 5.52 Å². The fraction of sp³-hybridized carbons (Fsp3) is 0.462. The van der Waals surface area contributed by atoms with Gasteiger partial charge in [-0.1, -0.05) is 37.7 Å². The van der Waals surface area contributed by atoms with Crippen LogP contribution in [0.5, 0.6) is 0 Å². The number of thioether (sulfide) groups is 1. The van der Waals surface area contributed by atoms with Crippen molar-refractivity contribution in [3.8, 4) is 0 Å². The summed E-state index contributed by atoms with van der Waals surface area (Å²) in [6.45, 7) is 7.66. The number of hydrogen-bond acceptors (Lipinski definition) is 4. The third-order valence-electron chi connectivity index (χ3n) is 2.80. The van der Waals surface area contributed by atoms with Gasteiger partial charge in [0.15, 0.2) is 5.58 Å². The molecule has 0 spiro atoms. The van der Waals surface area contributed by atoms with Crippen LogP contribution in [0.2, 0.25) is 0 Å². The third-order valence-corrected chi connectivity index (χ3v) is 3.61. The minimum Gasteiger partial charge on any atom is -0.431 e. The van der Waals surface area contributed by atoms with Crippen molar-refractivity contribution in [2.45, 2.75) is 19.1 Å². The molecule has 0 radical (unpaired) electrons. The molecule has 1 aromatic carbocycles. The molecule has 0 unspecified atom stereocenters. The summed E-state index contributed by atoms with van der Waals surface area (Å²) in [6.07, 6.45) is 0. The lowest BCUT2D eigenvalue weighted by atomic mass is 10.3. The van der Waals surface area contributed by atoms with Crippen LogP contribution in [0.4, 0.5) is 0 Å². The van der Waals surface area contributed by atoms with Gasteiger partial charge < -0.3 is 9.32 Å². The molecular weight excluding hydrogens is 232 g/mol. The highest BCUT2D eigenvalue weighted by atomic mass is 32.2. The summed E-state index contributed by atoms with van der Waals surface area (Å²) in [5.74, 6) is 1.02. The minimum atomic E-state index is 0.776. The summed E-state index contributed by atoms with van der Waals surface area (Å²) >= 11 is 1.69. The Kier molecular flexibility index (Phi) is 4.45. The Bertz CT molecular complexity index is 432. The van der Waals surface area contributed by atoms with E-state index in [1.54, 1.807) is 11.8 Å². The smallest absolute Gasteiger partial charge is 0.256 e. The van der Waals surface area contributed by atoms with Gasteiger partial charge in [-0.3, -0.25) is 0 Å². The summed E-state index contributed by atoms with van der Waals surface area (Å²) in [5, 5.41) is 0.776. The van der Waals surface area contributed by atoms with Crippen molar-refractivity contribution in [3.63, 3.8) is 0 Å². The number of aromatic nitrogens is 1. The molecule has 0 fully saturated rings. The normalized spacial score (nSPS) is 11.5. The van der Waals surface area contributed by atoms with Crippen molar-refractivity contribution in [3.05, 3.63) is 24.3 Å². The lowest BCUT2D eigenvalue weighted by Crippen LogP contribution is -2.25. The zero-order valence-electron chi connectivity index (χ0n) is 10.3. The molecule has 0 N–H and O–H groups in total. The molecule has 0 saturated heterocycles. The van der Waals surface area contributed by atoms with E-state index in [0.717, 1.165) is 41.7 Å². The number of rotatable bonds is 6. The maximum Gasteiger partial charge on any atom is 0.256 e. The van der Waals surface area contributed by atoms with Crippen LogP contribution in [0.1, 0.15) is 13.8 Å². The van der Waals surface area contributed by atoms with E-state index in [2.05, 4.69) is 23.7 Å². The molecule has 4 heteroatoms. The molecule has 0 atom stereocenters. The van der Waals surface area contributed by atoms with Gasteiger partial charge in [-0.15, -0.1) is 0 Å². The van der Waals surface area contributed by atoms with E-state index in [4.69, 9.17) is 4.42 Å². The Morgan fingerprint density at radius 1 is 1.24 bits per heavy atom. The number of hydrogen-bond donors (Lipinski definition) is 0. The highest BCUT2D eigenvalue weighted by molar-refractivity contribution is 7.99. The van der Waals surface area contributed by atoms with Crippen LogP contribution < -0.4 is 0 Å². The van der Waals surface area contributed by atoms with Crippen molar-refractivity contribution < 1.29 is 4.42 Å². The highest BCUT2D eigenvalue weighted by Crippen LogP contribution is 2.22. The lowest BCUT2D eigenvalue weighted by Gasteiger charge is -2.16. The number of nitrogens with zero attached hydrogens (tertiary/aromatic N) is 2. The fourth-order valence-electron chi connectivity index (χ4n) is 1.71. The van der Waals surface area contributed by atoms with Gasteiger partial charge in [0.05, 0.1) is 0 Å². The minimum absolute atomic E-state index is 0.776. The Balaban J connectivity index is 1.90. The molecule has 3 nitrogen and oxygen atoms in total. The number of benzene rings is 1. The second-order valence-corrected chi connectivity index (χ2v) is 4.87. The standard InChI is InChI=1S/C13H18N2OS/c1-3-15(4-2)9-10-17-13-14-11-7-5-6-8-12(11)16-13/h5-8H,3-4,9-10H2,1-2H3. The van der Waals surface area contributed by atoms with E-state index >= 15 is 0 Å². The van der Waals surface area contributed by atoms with E-state index in [0.29, 0.717) is 0 Å². The van der Waals surface area contributed by atoms with Crippen LogP contribution in [0.3, 0.4) is 0 Å². The van der Waals surface area contributed by atoms with E-state index < -0.39 is 0 Å². The van der Waals surface area contributed by atoms with Crippen LogP contribution in [-0.4, -0.2) is 35.3 Å². The molecule has 1 aromatic heterocycles. The number of para-hydroxylation sites is 2. The van der Waals surface area contributed by atoms with Crippen LogP contribution in [0.15, 0.2) is 33.9 Å². The van der Waals surface area contributed by atoms with Gasteiger partial charge in [-0.2, -0.15) is 0 Å². The Morgan fingerprint density at radius 2 is 2.00 bits per heavy atom. The SMILES string of the molecule is CCN(CC)CCSc1nc2ccccc2o1. The first kappa shape index (κ1) is 12.5. The highest BCUT2D eigenvalue weighted by Gasteiger charge is 2.06. The van der Waals surface area contributed by atoms with Crippen LogP contribution >= 0.6 is 11.8 Å². The molecule has 0 aliphatic rings. The van der Waals surface area contributed by atoms with Crippen molar-refractivity contribution in [1.82, 2.24) is 9.88 Å². The molecule has 92 valence electrons. The molecule has 2 rings (SSSR count). The van der Waals surface area contributed by atoms with Crippen LogP contribution in [0.25, 0.3) is 11.1 Å². The number of fused-ring (bicyclic) bond motifs is 1. The average molecular weight is 250 g/mol. The van der Waals surface area contributed by atoms with E-state index in [1.165, 1.54) is 0 Å². The quantitative estimate of drug-likeness (QED) is 0.736. The third kappa shape index (κ3) is 3.23. The van der Waals surface area contributed by atoms with Gasteiger partial charge in [0.25, 0.3) is 5.22 Å². The molecule has 17 heavy (non-hydrogen) atoms. The first-order valence-corrected chi connectivity index (χ1v) is 7.02. The van der Waals surface area contributed by atoms with E-state index in [1.807, 2.05) is 24.3 Å². The molecule has 0 amide bonds. The molecule has 0 bridgehead atoms. The zero-order chi connectivity index (χ0) is 12.1. The monoisotopic (exact) mass is 250 g/mol. The second kappa shape index (κ2) is 6.07. The van der Waals surface area contributed by atoms with Gasteiger partial charge in [0, 0.05) is 12.3 Å². The van der Waals surface area contributed by atoms with Gasteiger partial charge >= 0.3 is 0 Å². The Morgan fingerprint density at radius 3 is 2.71 bits per heavy atom. The zero-order valence-corrected chi connectivity index (χ0v) is 11.2. The second-order valence-electron chi connectivity index (χ2n) is 3.82. The van der Waals surface area contributed by atoms with Gasteiger partial charge in [-0.25, -0.2) is 4.98 Å². The van der Waals surface area contributed by atoms with Gasteiger partial charge in [0.2, 0.25) is 0 Å². The van der Waals surface area contributed by atoms with Crippen molar-refractivity contribution in [1.29, 1.82) is 0 Å². The summed E-state index contributed by atoms with van der Waals surface area (Å²) in [7, 11) is 0. The molecule has 0 aliphatic heterocycles. The van der Waals surface area contributed by atoms with Crippen molar-refractivity contribution >= 4 is 22.9 Å². The largest absolute Gasteiger partial charge is 0.431 e. The van der Waals surface area contributed by atoms with Crippen molar-refractivity contribution in [2.75, 3.05) is 25.4 Å². The first-order chi connectivity index (χ1) is 8.33. The van der Waals surface area contributed by atoms with E-state index in [9.17, 15) is 0 Å². The molecule has 2 aromatic rings. The topological polar surface area (TPSA) is 29.3 Å². The summed E-state index contributed by atoms with van der Waals surface area (Å²) < 4.78 is 5.65. The fourth-order valence-corrected chi connectivity index (χ4v) is 2.55. The van der Waals surface area contributed by atoms with Gasteiger partial charge in [-0.05, 0) is 25.2 Å². The van der Waals surface area contributed by atoms with E-state index in [-0.39, 0.29) is 0 Å². The predicted octanol–water partition coefficient (Wildman–Crippen LogP) is 3.26.